The van der Waals surface area contributed by atoms with E-state index in [1.165, 1.54) is 18.7 Å². The summed E-state index contributed by atoms with van der Waals surface area (Å²) in [6.07, 6.45) is 1.81. The van der Waals surface area contributed by atoms with E-state index in [1.807, 2.05) is 54.6 Å². The van der Waals surface area contributed by atoms with E-state index in [4.69, 9.17) is 16.3 Å². The molecule has 6 nitrogen and oxygen atoms in total. The number of benzene rings is 3. The lowest BCUT2D eigenvalue weighted by atomic mass is 10.2. The topological polar surface area (TPSA) is 79.8 Å². The first-order valence-corrected chi connectivity index (χ1v) is 11.3. The minimum absolute atomic E-state index is 0.136. The zero-order valence-electron chi connectivity index (χ0n) is 17.7. The van der Waals surface area contributed by atoms with E-state index < -0.39 is 0 Å². The molecule has 33 heavy (non-hydrogen) atoms. The molecular formula is C25H20ClN3O3S. The van der Waals surface area contributed by atoms with Gasteiger partial charge >= 0.3 is 0 Å². The molecule has 166 valence electrons. The maximum atomic E-state index is 12.3. The van der Waals surface area contributed by atoms with Gasteiger partial charge in [-0.2, -0.15) is 0 Å². The summed E-state index contributed by atoms with van der Waals surface area (Å²) in [4.78, 5) is 28.5. The predicted octanol–water partition coefficient (Wildman–Crippen LogP) is 5.77. The number of carbonyl (C=O) groups is 2. The van der Waals surface area contributed by atoms with E-state index in [2.05, 4.69) is 15.6 Å². The summed E-state index contributed by atoms with van der Waals surface area (Å²) in [6.45, 7) is 1.90. The number of rotatable bonds is 6. The Kier molecular flexibility index (Phi) is 7.12. The van der Waals surface area contributed by atoms with E-state index in [0.717, 1.165) is 16.9 Å². The van der Waals surface area contributed by atoms with Gasteiger partial charge in [0.1, 0.15) is 12.4 Å². The van der Waals surface area contributed by atoms with Crippen molar-refractivity contribution in [2.75, 3.05) is 5.32 Å². The lowest BCUT2D eigenvalue weighted by Crippen LogP contribution is -2.19. The molecule has 0 radical (unpaired) electrons. The van der Waals surface area contributed by atoms with Crippen molar-refractivity contribution in [2.45, 2.75) is 13.5 Å². The van der Waals surface area contributed by atoms with Crippen LogP contribution in [0.2, 0.25) is 5.02 Å². The SMILES string of the molecule is CC(=O)Nc1ccc(N=C2NC(=O)/C(=C/c3ccc(OCc4ccc(Cl)cc4)cc3)S2)cc1. The molecule has 1 heterocycles. The largest absolute Gasteiger partial charge is 0.489 e. The maximum Gasteiger partial charge on any atom is 0.264 e. The number of amidine groups is 1. The quantitative estimate of drug-likeness (QED) is 0.442. The van der Waals surface area contributed by atoms with Crippen molar-refractivity contribution in [1.82, 2.24) is 5.32 Å². The minimum Gasteiger partial charge on any atom is -0.489 e. The number of carbonyl (C=O) groups excluding carboxylic acids is 2. The van der Waals surface area contributed by atoms with Gasteiger partial charge in [0.15, 0.2) is 5.17 Å². The first kappa shape index (κ1) is 22.6. The molecule has 0 saturated carbocycles. The molecule has 1 fully saturated rings. The van der Waals surface area contributed by atoms with Crippen molar-refractivity contribution in [3.05, 3.63) is 93.9 Å². The Labute approximate surface area is 200 Å². The number of anilines is 1. The third-order valence-corrected chi connectivity index (χ3v) is 5.73. The highest BCUT2D eigenvalue weighted by Crippen LogP contribution is 2.29. The molecule has 0 bridgehead atoms. The van der Waals surface area contributed by atoms with E-state index in [9.17, 15) is 9.59 Å². The second kappa shape index (κ2) is 10.4. The number of amides is 2. The highest BCUT2D eigenvalue weighted by Gasteiger charge is 2.23. The molecule has 0 spiro atoms. The van der Waals surface area contributed by atoms with Gasteiger partial charge in [0.2, 0.25) is 5.91 Å². The molecule has 0 atom stereocenters. The third-order valence-electron chi connectivity index (χ3n) is 4.57. The Morgan fingerprint density at radius 2 is 1.76 bits per heavy atom. The zero-order chi connectivity index (χ0) is 23.2. The van der Waals surface area contributed by atoms with Crippen molar-refractivity contribution in [1.29, 1.82) is 0 Å². The Hall–Kier alpha value is -3.55. The van der Waals surface area contributed by atoms with Crippen molar-refractivity contribution >= 4 is 57.8 Å². The summed E-state index contributed by atoms with van der Waals surface area (Å²) < 4.78 is 5.80. The molecule has 8 heteroatoms. The predicted molar refractivity (Wildman–Crippen MR) is 134 cm³/mol. The average molecular weight is 478 g/mol. The first-order valence-electron chi connectivity index (χ1n) is 10.1. The maximum absolute atomic E-state index is 12.3. The standard InChI is InChI=1S/C25H20ClN3O3S/c1-16(30)27-20-8-10-21(11-9-20)28-25-29-24(31)23(33-25)14-17-4-12-22(13-5-17)32-15-18-2-6-19(26)7-3-18/h2-14H,15H2,1H3,(H,27,30)(H,28,29,31)/b23-14-. The van der Waals surface area contributed by atoms with Crippen LogP contribution in [0.4, 0.5) is 11.4 Å². The van der Waals surface area contributed by atoms with Crippen molar-refractivity contribution in [3.63, 3.8) is 0 Å². The van der Waals surface area contributed by atoms with Crippen LogP contribution >= 0.6 is 23.4 Å². The van der Waals surface area contributed by atoms with Gasteiger partial charge in [0.05, 0.1) is 10.6 Å². The van der Waals surface area contributed by atoms with E-state index >= 15 is 0 Å². The van der Waals surface area contributed by atoms with Crippen LogP contribution in [-0.4, -0.2) is 17.0 Å². The van der Waals surface area contributed by atoms with Gasteiger partial charge in [0.25, 0.3) is 5.91 Å². The van der Waals surface area contributed by atoms with Crippen LogP contribution in [0, 0.1) is 0 Å². The number of ether oxygens (including phenoxy) is 1. The van der Waals surface area contributed by atoms with E-state index in [1.54, 1.807) is 24.3 Å². The summed E-state index contributed by atoms with van der Waals surface area (Å²) in [6, 6.07) is 22.1. The molecule has 1 aliphatic heterocycles. The highest BCUT2D eigenvalue weighted by atomic mass is 35.5. The highest BCUT2D eigenvalue weighted by molar-refractivity contribution is 8.18. The molecule has 0 unspecified atom stereocenters. The summed E-state index contributed by atoms with van der Waals surface area (Å²) >= 11 is 7.17. The molecule has 4 rings (SSSR count). The lowest BCUT2D eigenvalue weighted by Gasteiger charge is -2.06. The Bertz CT molecular complexity index is 1220. The first-order chi connectivity index (χ1) is 15.9. The van der Waals surface area contributed by atoms with Crippen LogP contribution < -0.4 is 15.4 Å². The van der Waals surface area contributed by atoms with Crippen molar-refractivity contribution < 1.29 is 14.3 Å². The molecule has 0 aliphatic carbocycles. The fourth-order valence-electron chi connectivity index (χ4n) is 2.98. The lowest BCUT2D eigenvalue weighted by molar-refractivity contribution is -0.115. The Morgan fingerprint density at radius 3 is 2.42 bits per heavy atom. The van der Waals surface area contributed by atoms with Gasteiger partial charge in [-0.25, -0.2) is 4.99 Å². The second-order valence-corrected chi connectivity index (χ2v) is 8.66. The molecular weight excluding hydrogens is 458 g/mol. The van der Waals surface area contributed by atoms with Crippen LogP contribution in [0.25, 0.3) is 6.08 Å². The van der Waals surface area contributed by atoms with E-state index in [-0.39, 0.29) is 11.8 Å². The average Bonchev–Trinajstić information content (AvgIpc) is 3.14. The van der Waals surface area contributed by atoms with Crippen LogP contribution in [-0.2, 0) is 16.2 Å². The van der Waals surface area contributed by atoms with Gasteiger partial charge in [-0.05, 0) is 77.5 Å². The zero-order valence-corrected chi connectivity index (χ0v) is 19.2. The third kappa shape index (κ3) is 6.47. The summed E-state index contributed by atoms with van der Waals surface area (Å²) in [5.41, 5.74) is 3.28. The molecule has 1 aliphatic rings. The normalized spacial score (nSPS) is 15.5. The number of halogens is 1. The van der Waals surface area contributed by atoms with Crippen molar-refractivity contribution in [3.8, 4) is 5.75 Å². The van der Waals surface area contributed by atoms with Crippen molar-refractivity contribution in [2.24, 2.45) is 4.99 Å². The molecule has 2 N–H and O–H groups in total. The Morgan fingerprint density at radius 1 is 1.06 bits per heavy atom. The van der Waals surface area contributed by atoms with Gasteiger partial charge in [-0.3, -0.25) is 9.59 Å². The number of thioether (sulfide) groups is 1. The number of aliphatic imine (C=N–C) groups is 1. The van der Waals surface area contributed by atoms with Crippen LogP contribution in [0.3, 0.4) is 0 Å². The molecule has 3 aromatic carbocycles. The fraction of sp³-hybridized carbons (Fsp3) is 0.0800. The number of nitrogens with one attached hydrogen (secondary N) is 2. The van der Waals surface area contributed by atoms with Crippen LogP contribution in [0.15, 0.2) is 82.7 Å². The van der Waals surface area contributed by atoms with Crippen LogP contribution in [0.5, 0.6) is 5.75 Å². The van der Waals surface area contributed by atoms with Gasteiger partial charge in [0, 0.05) is 17.6 Å². The van der Waals surface area contributed by atoms with Gasteiger partial charge in [-0.1, -0.05) is 35.9 Å². The Balaban J connectivity index is 1.37. The summed E-state index contributed by atoms with van der Waals surface area (Å²) in [5.74, 6) is 0.404. The van der Waals surface area contributed by atoms with Gasteiger partial charge in [-0.15, -0.1) is 0 Å². The smallest absolute Gasteiger partial charge is 0.264 e. The fourth-order valence-corrected chi connectivity index (χ4v) is 3.95. The van der Waals surface area contributed by atoms with Crippen LogP contribution in [0.1, 0.15) is 18.1 Å². The number of hydrogen-bond donors (Lipinski definition) is 2. The monoisotopic (exact) mass is 477 g/mol. The van der Waals surface area contributed by atoms with E-state index in [0.29, 0.717) is 33.1 Å². The number of nitrogens with zero attached hydrogens (tertiary/aromatic N) is 1. The molecule has 1 saturated heterocycles. The minimum atomic E-state index is -0.198. The molecule has 2 amide bonds. The summed E-state index contributed by atoms with van der Waals surface area (Å²) in [7, 11) is 0. The van der Waals surface area contributed by atoms with Gasteiger partial charge < -0.3 is 15.4 Å². The second-order valence-electron chi connectivity index (χ2n) is 7.19. The molecule has 3 aromatic rings. The molecule has 0 aromatic heterocycles. The number of hydrogen-bond acceptors (Lipinski definition) is 5. The summed E-state index contributed by atoms with van der Waals surface area (Å²) in [5, 5.41) is 6.67.